The molecule has 1 aromatic carbocycles. The number of hydrogen-bond acceptors (Lipinski definition) is 4. The van der Waals surface area contributed by atoms with Crippen molar-refractivity contribution in [3.63, 3.8) is 0 Å². The van der Waals surface area contributed by atoms with E-state index in [-0.39, 0.29) is 12.3 Å². The molecule has 0 saturated carbocycles. The highest BCUT2D eigenvalue weighted by atomic mass is 16.7. The lowest BCUT2D eigenvalue weighted by Gasteiger charge is -2.17. The zero-order valence-corrected chi connectivity index (χ0v) is 13.2. The second-order valence-electron chi connectivity index (χ2n) is 4.46. The summed E-state index contributed by atoms with van der Waals surface area (Å²) in [6.45, 7) is 8.98. The van der Waals surface area contributed by atoms with Gasteiger partial charge in [-0.25, -0.2) is 4.79 Å². The molecule has 0 heterocycles. The summed E-state index contributed by atoms with van der Waals surface area (Å²) in [5.41, 5.74) is 2.48. The van der Waals surface area contributed by atoms with Gasteiger partial charge in [0.25, 0.3) is 0 Å². The molecule has 21 heavy (non-hydrogen) atoms. The van der Waals surface area contributed by atoms with E-state index in [9.17, 15) is 4.79 Å². The molecule has 0 aromatic heterocycles. The molecule has 0 aliphatic carbocycles. The van der Waals surface area contributed by atoms with Crippen molar-refractivity contribution in [3.05, 3.63) is 41.0 Å². The fourth-order valence-electron chi connectivity index (χ4n) is 1.85. The molecule has 0 amide bonds. The molecule has 0 fully saturated rings. The van der Waals surface area contributed by atoms with E-state index in [0.717, 1.165) is 11.1 Å². The van der Waals surface area contributed by atoms with E-state index in [1.165, 1.54) is 0 Å². The molecular weight excluding hydrogens is 268 g/mol. The first kappa shape index (κ1) is 17.4. The normalized spacial score (nSPS) is 11.8. The van der Waals surface area contributed by atoms with Gasteiger partial charge in [0.05, 0.1) is 6.61 Å². The highest BCUT2D eigenvalue weighted by Crippen LogP contribution is 2.20. The molecule has 0 radical (unpaired) electrons. The fourth-order valence-corrected chi connectivity index (χ4v) is 1.85. The van der Waals surface area contributed by atoms with E-state index < -0.39 is 0 Å². The molecule has 1 rings (SSSR count). The Bertz CT molecular complexity index is 456. The van der Waals surface area contributed by atoms with Crippen molar-refractivity contribution in [2.75, 3.05) is 19.8 Å². The van der Waals surface area contributed by atoms with Crippen molar-refractivity contribution >= 4 is 12.0 Å². The monoisotopic (exact) mass is 292 g/mol. The first-order valence-corrected chi connectivity index (χ1v) is 7.30. The van der Waals surface area contributed by atoms with Gasteiger partial charge in [-0.1, -0.05) is 24.3 Å². The van der Waals surface area contributed by atoms with Crippen LogP contribution in [0, 0.1) is 0 Å². The summed E-state index contributed by atoms with van der Waals surface area (Å²) < 4.78 is 16.1. The third-order valence-electron chi connectivity index (χ3n) is 2.83. The standard InChI is InChI=1S/C17H24O4/c1-5-19-16(18)13(4)12-14-8-10-15(11-9-14)17(20-6-2)21-7-3/h8-12,17H,5-7H2,1-4H3/b13-12+. The van der Waals surface area contributed by atoms with Crippen molar-refractivity contribution < 1.29 is 19.0 Å². The van der Waals surface area contributed by atoms with Crippen molar-refractivity contribution in [2.24, 2.45) is 0 Å². The largest absolute Gasteiger partial charge is 0.463 e. The zero-order chi connectivity index (χ0) is 15.7. The lowest BCUT2D eigenvalue weighted by atomic mass is 10.1. The Morgan fingerprint density at radius 2 is 1.62 bits per heavy atom. The van der Waals surface area contributed by atoms with Crippen LogP contribution in [0.4, 0.5) is 0 Å². The van der Waals surface area contributed by atoms with Crippen LogP contribution in [0.15, 0.2) is 29.8 Å². The minimum atomic E-state index is -0.343. The Kier molecular flexibility index (Phi) is 7.72. The third-order valence-corrected chi connectivity index (χ3v) is 2.83. The number of ether oxygens (including phenoxy) is 3. The van der Waals surface area contributed by atoms with Gasteiger partial charge in [-0.05, 0) is 39.3 Å². The van der Waals surface area contributed by atoms with E-state index in [2.05, 4.69) is 0 Å². The SMILES string of the molecule is CCOC(=O)/C(C)=C/c1ccc(C(OCC)OCC)cc1. The number of hydrogen-bond donors (Lipinski definition) is 0. The number of carbonyl (C=O) groups is 1. The first-order valence-electron chi connectivity index (χ1n) is 7.30. The van der Waals surface area contributed by atoms with E-state index >= 15 is 0 Å². The van der Waals surface area contributed by atoms with Crippen molar-refractivity contribution in [2.45, 2.75) is 34.0 Å². The number of rotatable bonds is 8. The number of benzene rings is 1. The van der Waals surface area contributed by atoms with E-state index in [1.54, 1.807) is 19.9 Å². The highest BCUT2D eigenvalue weighted by molar-refractivity contribution is 5.92. The molecule has 4 nitrogen and oxygen atoms in total. The van der Waals surface area contributed by atoms with Crippen LogP contribution in [-0.2, 0) is 19.0 Å². The summed E-state index contributed by atoms with van der Waals surface area (Å²) in [6, 6.07) is 7.76. The van der Waals surface area contributed by atoms with Crippen molar-refractivity contribution in [1.29, 1.82) is 0 Å². The summed E-state index contributed by atoms with van der Waals surface area (Å²) in [5.74, 6) is -0.289. The molecule has 116 valence electrons. The maximum absolute atomic E-state index is 11.6. The Labute approximate surface area is 126 Å². The summed E-state index contributed by atoms with van der Waals surface area (Å²) in [6.07, 6.45) is 1.46. The van der Waals surface area contributed by atoms with Gasteiger partial charge in [0.15, 0.2) is 6.29 Å². The van der Waals surface area contributed by atoms with Crippen LogP contribution in [0.1, 0.15) is 45.1 Å². The Balaban J connectivity index is 2.81. The second kappa shape index (κ2) is 9.32. The van der Waals surface area contributed by atoms with Gasteiger partial charge in [-0.3, -0.25) is 0 Å². The lowest BCUT2D eigenvalue weighted by Crippen LogP contribution is -2.08. The highest BCUT2D eigenvalue weighted by Gasteiger charge is 2.11. The summed E-state index contributed by atoms with van der Waals surface area (Å²) in [5, 5.41) is 0. The van der Waals surface area contributed by atoms with Crippen LogP contribution >= 0.6 is 0 Å². The second-order valence-corrected chi connectivity index (χ2v) is 4.46. The topological polar surface area (TPSA) is 44.8 Å². The van der Waals surface area contributed by atoms with Crippen LogP contribution in [0.2, 0.25) is 0 Å². The van der Waals surface area contributed by atoms with Crippen LogP contribution in [-0.4, -0.2) is 25.8 Å². The molecule has 0 saturated heterocycles. The minimum Gasteiger partial charge on any atom is -0.463 e. The molecule has 0 spiro atoms. The van der Waals surface area contributed by atoms with E-state index in [1.807, 2.05) is 38.1 Å². The van der Waals surface area contributed by atoms with Gasteiger partial charge >= 0.3 is 5.97 Å². The molecule has 0 unspecified atom stereocenters. The minimum absolute atomic E-state index is 0.289. The quantitative estimate of drug-likeness (QED) is 0.416. The van der Waals surface area contributed by atoms with Gasteiger partial charge in [0.2, 0.25) is 0 Å². The summed E-state index contributed by atoms with van der Waals surface area (Å²) in [7, 11) is 0. The van der Waals surface area contributed by atoms with Gasteiger partial charge < -0.3 is 14.2 Å². The molecular formula is C17H24O4. The molecule has 0 N–H and O–H groups in total. The smallest absolute Gasteiger partial charge is 0.333 e. The van der Waals surface area contributed by atoms with Crippen LogP contribution in [0.3, 0.4) is 0 Å². The third kappa shape index (κ3) is 5.69. The number of carbonyl (C=O) groups excluding carboxylic acids is 1. The average molecular weight is 292 g/mol. The molecule has 0 bridgehead atoms. The molecule has 0 aliphatic rings. The zero-order valence-electron chi connectivity index (χ0n) is 13.2. The number of esters is 1. The van der Waals surface area contributed by atoms with Crippen molar-refractivity contribution in [3.8, 4) is 0 Å². The predicted molar refractivity (Wildman–Crippen MR) is 82.7 cm³/mol. The Morgan fingerprint density at radius 3 is 2.10 bits per heavy atom. The summed E-state index contributed by atoms with van der Waals surface area (Å²) in [4.78, 5) is 11.6. The first-order chi connectivity index (χ1) is 10.1. The molecule has 0 aliphatic heterocycles. The molecule has 4 heteroatoms. The van der Waals surface area contributed by atoms with E-state index in [0.29, 0.717) is 25.4 Å². The lowest BCUT2D eigenvalue weighted by molar-refractivity contribution is -0.140. The van der Waals surface area contributed by atoms with Gasteiger partial charge in [0.1, 0.15) is 0 Å². The van der Waals surface area contributed by atoms with Crippen LogP contribution in [0.5, 0.6) is 0 Å². The Hall–Kier alpha value is -1.65. The van der Waals surface area contributed by atoms with Crippen LogP contribution < -0.4 is 0 Å². The molecule has 0 atom stereocenters. The van der Waals surface area contributed by atoms with E-state index in [4.69, 9.17) is 14.2 Å². The maximum Gasteiger partial charge on any atom is 0.333 e. The van der Waals surface area contributed by atoms with Crippen LogP contribution in [0.25, 0.3) is 6.08 Å². The van der Waals surface area contributed by atoms with Gasteiger partial charge in [-0.2, -0.15) is 0 Å². The Morgan fingerprint density at radius 1 is 1.05 bits per heavy atom. The maximum atomic E-state index is 11.6. The van der Waals surface area contributed by atoms with Gasteiger partial charge in [0, 0.05) is 24.4 Å². The average Bonchev–Trinajstić information content (AvgIpc) is 2.48. The summed E-state index contributed by atoms with van der Waals surface area (Å²) >= 11 is 0. The van der Waals surface area contributed by atoms with Gasteiger partial charge in [-0.15, -0.1) is 0 Å². The van der Waals surface area contributed by atoms with Crippen molar-refractivity contribution in [1.82, 2.24) is 0 Å². The predicted octanol–water partition coefficient (Wildman–Crippen LogP) is 3.72. The molecule has 1 aromatic rings. The fraction of sp³-hybridized carbons (Fsp3) is 0.471.